The van der Waals surface area contributed by atoms with Gasteiger partial charge >= 0.3 is 0 Å². The molecule has 1 aromatic heterocycles. The molecule has 0 atom stereocenters. The van der Waals surface area contributed by atoms with Crippen LogP contribution in [0.5, 0.6) is 0 Å². The van der Waals surface area contributed by atoms with Gasteiger partial charge in [-0.2, -0.15) is 0 Å². The number of aromatic amines is 1. The molecule has 1 aliphatic rings. The van der Waals surface area contributed by atoms with Crippen LogP contribution in [0.3, 0.4) is 0 Å². The summed E-state index contributed by atoms with van der Waals surface area (Å²) in [7, 11) is 0. The van der Waals surface area contributed by atoms with Crippen LogP contribution in [0.4, 0.5) is 5.69 Å². The van der Waals surface area contributed by atoms with E-state index in [2.05, 4.69) is 39.2 Å². The summed E-state index contributed by atoms with van der Waals surface area (Å²) in [5.74, 6) is 0.993. The van der Waals surface area contributed by atoms with Crippen molar-refractivity contribution in [3.05, 3.63) is 74.8 Å². The number of para-hydroxylation sites is 3. The fourth-order valence-electron chi connectivity index (χ4n) is 2.58. The second-order valence-electron chi connectivity index (χ2n) is 4.86. The summed E-state index contributed by atoms with van der Waals surface area (Å²) in [6, 6.07) is 16.4. The van der Waals surface area contributed by atoms with Crippen LogP contribution in [0.2, 0.25) is 0 Å². The average Bonchev–Trinajstić information content (AvgIpc) is 3.11. The largest absolute Gasteiger partial charge is 0.358 e. The first-order valence-electron chi connectivity index (χ1n) is 7.46. The Morgan fingerprint density at radius 2 is 1.62 bits per heavy atom. The SMILES string of the molecule is CC.[CH3-].[CH3-].[Y].c1ccc2c(c1)CC(Cc1nc3ccccc3[nH]1)=N2. The Morgan fingerprint density at radius 1 is 0.958 bits per heavy atom. The van der Waals surface area contributed by atoms with Crippen molar-refractivity contribution in [2.75, 3.05) is 0 Å². The Bertz CT molecular complexity index is 757. The number of hydrogen-bond donors (Lipinski definition) is 1. The first kappa shape index (κ1) is 22.7. The fourth-order valence-corrected chi connectivity index (χ4v) is 2.58. The van der Waals surface area contributed by atoms with Crippen molar-refractivity contribution in [1.29, 1.82) is 0 Å². The van der Waals surface area contributed by atoms with E-state index in [1.807, 2.05) is 38.1 Å². The Labute approximate surface area is 170 Å². The minimum Gasteiger partial charge on any atom is -0.358 e. The Morgan fingerprint density at radius 3 is 2.33 bits per heavy atom. The number of aromatic nitrogens is 2. The van der Waals surface area contributed by atoms with E-state index < -0.39 is 0 Å². The van der Waals surface area contributed by atoms with Crippen LogP contribution >= 0.6 is 0 Å². The molecule has 2 heterocycles. The van der Waals surface area contributed by atoms with Gasteiger partial charge in [-0.1, -0.05) is 44.2 Å². The summed E-state index contributed by atoms with van der Waals surface area (Å²) in [6.45, 7) is 4.00. The summed E-state index contributed by atoms with van der Waals surface area (Å²) in [5, 5.41) is 0. The van der Waals surface area contributed by atoms with Crippen molar-refractivity contribution in [1.82, 2.24) is 9.97 Å². The number of aliphatic imine (C=N–C) groups is 1. The molecule has 0 fully saturated rings. The number of H-pyrrole nitrogens is 1. The van der Waals surface area contributed by atoms with Gasteiger partial charge in [0.2, 0.25) is 0 Å². The topological polar surface area (TPSA) is 41.0 Å². The first-order valence-corrected chi connectivity index (χ1v) is 7.46. The maximum Gasteiger partial charge on any atom is 0.112 e. The first-order chi connectivity index (χ1) is 10.4. The zero-order chi connectivity index (χ0) is 14.7. The number of nitrogens with zero attached hydrogens (tertiary/aromatic N) is 2. The molecule has 0 saturated carbocycles. The normalized spacial score (nSPS) is 11.0. The molecule has 4 rings (SSSR count). The molecule has 3 nitrogen and oxygen atoms in total. The molecule has 0 bridgehead atoms. The van der Waals surface area contributed by atoms with E-state index in [1.54, 1.807) is 0 Å². The molecule has 24 heavy (non-hydrogen) atoms. The third-order valence-corrected chi connectivity index (χ3v) is 3.47. The fraction of sp³-hybridized carbons (Fsp3) is 0.200. The molecule has 0 amide bonds. The van der Waals surface area contributed by atoms with Gasteiger partial charge < -0.3 is 19.8 Å². The van der Waals surface area contributed by atoms with E-state index in [0.717, 1.165) is 35.4 Å². The minimum atomic E-state index is 0. The number of hydrogen-bond acceptors (Lipinski definition) is 2. The number of fused-ring (bicyclic) bond motifs is 2. The van der Waals surface area contributed by atoms with Crippen molar-refractivity contribution in [2.24, 2.45) is 4.99 Å². The van der Waals surface area contributed by atoms with Crippen LogP contribution in [-0.4, -0.2) is 15.7 Å². The van der Waals surface area contributed by atoms with Crippen molar-refractivity contribution in [3.8, 4) is 0 Å². The molecule has 1 radical (unpaired) electrons. The van der Waals surface area contributed by atoms with Crippen LogP contribution in [0.1, 0.15) is 25.2 Å². The van der Waals surface area contributed by atoms with E-state index in [4.69, 9.17) is 0 Å². The summed E-state index contributed by atoms with van der Waals surface area (Å²) in [6.07, 6.45) is 1.73. The third-order valence-electron chi connectivity index (χ3n) is 3.47. The van der Waals surface area contributed by atoms with E-state index in [9.17, 15) is 0 Å². The van der Waals surface area contributed by atoms with Crippen molar-refractivity contribution in [3.63, 3.8) is 0 Å². The number of rotatable bonds is 2. The van der Waals surface area contributed by atoms with Gasteiger partial charge in [0, 0.05) is 51.3 Å². The molecule has 1 aliphatic heterocycles. The predicted octanol–water partition coefficient (Wildman–Crippen LogP) is 5.36. The minimum absolute atomic E-state index is 0. The molecule has 125 valence electrons. The van der Waals surface area contributed by atoms with Gasteiger partial charge in [0.05, 0.1) is 16.7 Å². The van der Waals surface area contributed by atoms with Crippen molar-refractivity contribution < 1.29 is 32.7 Å². The van der Waals surface area contributed by atoms with Gasteiger partial charge in [-0.15, -0.1) is 0 Å². The van der Waals surface area contributed by atoms with E-state index in [0.29, 0.717) is 0 Å². The average molecular weight is 396 g/mol. The number of nitrogens with one attached hydrogen (secondary N) is 1. The molecule has 2 aromatic carbocycles. The van der Waals surface area contributed by atoms with Gasteiger partial charge in [0.25, 0.3) is 0 Å². The van der Waals surface area contributed by atoms with Crippen molar-refractivity contribution in [2.45, 2.75) is 26.7 Å². The smallest absolute Gasteiger partial charge is 0.112 e. The zero-order valence-electron chi connectivity index (χ0n) is 15.0. The maximum atomic E-state index is 4.67. The Balaban J connectivity index is 0.00000102. The second-order valence-corrected chi connectivity index (χ2v) is 4.86. The summed E-state index contributed by atoms with van der Waals surface area (Å²) in [4.78, 5) is 12.6. The zero-order valence-corrected chi connectivity index (χ0v) is 17.8. The molecule has 0 aliphatic carbocycles. The molecule has 4 heteroatoms. The molecular weight excluding hydrogens is 371 g/mol. The van der Waals surface area contributed by atoms with Gasteiger partial charge in [-0.05, 0) is 23.8 Å². The van der Waals surface area contributed by atoms with Crippen LogP contribution in [0.15, 0.2) is 53.5 Å². The number of benzene rings is 2. The molecular formula is C20H25N3Y-2. The predicted molar refractivity (Wildman–Crippen MR) is 101 cm³/mol. The van der Waals surface area contributed by atoms with E-state index >= 15 is 0 Å². The van der Waals surface area contributed by atoms with Gasteiger partial charge in [0.15, 0.2) is 0 Å². The number of imidazole rings is 1. The van der Waals surface area contributed by atoms with E-state index in [-0.39, 0.29) is 47.6 Å². The van der Waals surface area contributed by atoms with Gasteiger partial charge in [0.1, 0.15) is 5.82 Å². The Hall–Kier alpha value is -1.32. The van der Waals surface area contributed by atoms with Crippen LogP contribution in [-0.2, 0) is 45.6 Å². The molecule has 0 saturated heterocycles. The van der Waals surface area contributed by atoms with Crippen LogP contribution in [0.25, 0.3) is 11.0 Å². The van der Waals surface area contributed by atoms with Crippen LogP contribution < -0.4 is 0 Å². The van der Waals surface area contributed by atoms with Gasteiger partial charge in [-0.25, -0.2) is 4.98 Å². The summed E-state index contributed by atoms with van der Waals surface area (Å²) >= 11 is 0. The Kier molecular flexibility index (Phi) is 9.95. The molecule has 3 aromatic rings. The van der Waals surface area contributed by atoms with E-state index in [1.165, 1.54) is 11.3 Å². The van der Waals surface area contributed by atoms with Gasteiger partial charge in [-0.3, -0.25) is 4.99 Å². The monoisotopic (exact) mass is 396 g/mol. The third kappa shape index (κ3) is 4.84. The summed E-state index contributed by atoms with van der Waals surface area (Å²) < 4.78 is 0. The summed E-state index contributed by atoms with van der Waals surface area (Å²) in [5.41, 5.74) is 5.71. The van der Waals surface area contributed by atoms with Crippen molar-refractivity contribution >= 4 is 22.4 Å². The maximum absolute atomic E-state index is 4.67. The molecule has 0 spiro atoms. The standard InChI is InChI=1S/C16H13N3.C2H6.2CH3.Y/c1-2-6-13-11(5-1)9-12(17-13)10-16-18-14-7-3-4-8-15(14)19-16;1-2;;;/h1-8H,9-10H2,(H,18,19);1-2H3;2*1H3;/q;;2*-1;. The molecule has 0 unspecified atom stereocenters. The second kappa shape index (κ2) is 10.5. The van der Waals surface area contributed by atoms with Crippen LogP contribution in [0, 0.1) is 14.9 Å². The quantitative estimate of drug-likeness (QED) is 0.583. The molecule has 1 N–H and O–H groups in total.